The van der Waals surface area contributed by atoms with Gasteiger partial charge in [-0.2, -0.15) is 0 Å². The summed E-state index contributed by atoms with van der Waals surface area (Å²) < 4.78 is 1.85. The Kier molecular flexibility index (Phi) is 4.42. The lowest BCUT2D eigenvalue weighted by Gasteiger charge is -2.31. The molecule has 3 rings (SSSR count). The van der Waals surface area contributed by atoms with E-state index in [9.17, 15) is 14.7 Å². The molecule has 1 aromatic heterocycles. The lowest BCUT2D eigenvalue weighted by molar-refractivity contribution is -0.143. The Balaban J connectivity index is 1.97. The third kappa shape index (κ3) is 2.94. The monoisotopic (exact) mass is 326 g/mol. The fourth-order valence-electron chi connectivity index (χ4n) is 3.52. The van der Waals surface area contributed by atoms with Gasteiger partial charge in [0.05, 0.1) is 5.92 Å². The molecule has 0 aliphatic carbocycles. The minimum absolute atomic E-state index is 0.0876. The van der Waals surface area contributed by atoms with Gasteiger partial charge in [-0.15, -0.1) is 0 Å². The highest BCUT2D eigenvalue weighted by Gasteiger charge is 2.31. The molecule has 2 heterocycles. The Morgan fingerprint density at radius 3 is 2.58 bits per heavy atom. The summed E-state index contributed by atoms with van der Waals surface area (Å²) in [6.07, 6.45) is 3.32. The Labute approximate surface area is 141 Å². The van der Waals surface area contributed by atoms with E-state index in [0.29, 0.717) is 18.7 Å². The van der Waals surface area contributed by atoms with Crippen LogP contribution in [-0.4, -0.2) is 39.5 Å². The van der Waals surface area contributed by atoms with Gasteiger partial charge in [-0.1, -0.05) is 30.3 Å². The summed E-state index contributed by atoms with van der Waals surface area (Å²) in [6, 6.07) is 9.85. The number of aliphatic carboxylic acids is 1. The molecule has 5 nitrogen and oxygen atoms in total. The third-order valence-electron chi connectivity index (χ3n) is 4.69. The van der Waals surface area contributed by atoms with Crippen molar-refractivity contribution in [3.05, 3.63) is 47.8 Å². The molecule has 1 amide bonds. The molecule has 1 N–H and O–H groups in total. The molecule has 1 aliphatic heterocycles. The van der Waals surface area contributed by atoms with Crippen LogP contribution in [-0.2, 0) is 11.8 Å². The number of aryl methyl sites for hydroxylation is 2. The number of likely N-dealkylation sites (tertiary alicyclic amines) is 1. The fraction of sp³-hybridized carbons (Fsp3) is 0.368. The van der Waals surface area contributed by atoms with Gasteiger partial charge >= 0.3 is 5.97 Å². The SMILES string of the molecule is Cc1cn(C)c(C(=O)N2CCCC(C(=O)O)C2)c1-c1ccccc1. The third-order valence-corrected chi connectivity index (χ3v) is 4.69. The summed E-state index contributed by atoms with van der Waals surface area (Å²) >= 11 is 0. The molecule has 0 saturated carbocycles. The van der Waals surface area contributed by atoms with Gasteiger partial charge in [0.1, 0.15) is 5.69 Å². The number of aromatic nitrogens is 1. The maximum atomic E-state index is 13.1. The molecular weight excluding hydrogens is 304 g/mol. The zero-order chi connectivity index (χ0) is 17.3. The van der Waals surface area contributed by atoms with Crippen molar-refractivity contribution >= 4 is 11.9 Å². The lowest BCUT2D eigenvalue weighted by atomic mass is 9.97. The molecule has 1 saturated heterocycles. The predicted octanol–water partition coefficient (Wildman–Crippen LogP) is 2.94. The zero-order valence-corrected chi connectivity index (χ0v) is 14.0. The van der Waals surface area contributed by atoms with Gasteiger partial charge in [-0.25, -0.2) is 0 Å². The minimum Gasteiger partial charge on any atom is -0.481 e. The average molecular weight is 326 g/mol. The van der Waals surface area contributed by atoms with E-state index in [1.54, 1.807) is 4.90 Å². The molecular formula is C19H22N2O3. The second-order valence-corrected chi connectivity index (χ2v) is 6.44. The van der Waals surface area contributed by atoms with Gasteiger partial charge in [0, 0.05) is 31.9 Å². The van der Waals surface area contributed by atoms with E-state index in [1.165, 1.54) is 0 Å². The number of nitrogens with zero attached hydrogens (tertiary/aromatic N) is 2. The fourth-order valence-corrected chi connectivity index (χ4v) is 3.52. The maximum Gasteiger partial charge on any atom is 0.308 e. The van der Waals surface area contributed by atoms with Crippen molar-refractivity contribution in [3.63, 3.8) is 0 Å². The largest absolute Gasteiger partial charge is 0.481 e. The first kappa shape index (κ1) is 16.3. The van der Waals surface area contributed by atoms with Crippen LogP contribution in [0.15, 0.2) is 36.5 Å². The molecule has 1 aromatic carbocycles. The predicted molar refractivity (Wildman–Crippen MR) is 91.8 cm³/mol. The quantitative estimate of drug-likeness (QED) is 0.943. The summed E-state index contributed by atoms with van der Waals surface area (Å²) in [5.74, 6) is -1.38. The average Bonchev–Trinajstić information content (AvgIpc) is 2.89. The Hall–Kier alpha value is -2.56. The van der Waals surface area contributed by atoms with Gasteiger partial charge < -0.3 is 14.6 Å². The van der Waals surface area contributed by atoms with E-state index in [4.69, 9.17) is 0 Å². The molecule has 1 atom stereocenters. The van der Waals surface area contributed by atoms with E-state index in [2.05, 4.69) is 0 Å². The molecule has 126 valence electrons. The maximum absolute atomic E-state index is 13.1. The highest BCUT2D eigenvalue weighted by molar-refractivity contribution is 6.00. The first-order valence-electron chi connectivity index (χ1n) is 8.22. The van der Waals surface area contributed by atoms with Crippen molar-refractivity contribution in [1.29, 1.82) is 0 Å². The van der Waals surface area contributed by atoms with Crippen LogP contribution in [0, 0.1) is 12.8 Å². The molecule has 1 unspecified atom stereocenters. The number of carboxylic acids is 1. The topological polar surface area (TPSA) is 62.5 Å². The van der Waals surface area contributed by atoms with Crippen LogP contribution < -0.4 is 0 Å². The Morgan fingerprint density at radius 2 is 1.92 bits per heavy atom. The number of hydrogen-bond acceptors (Lipinski definition) is 2. The van der Waals surface area contributed by atoms with Crippen LogP contribution in [0.3, 0.4) is 0 Å². The van der Waals surface area contributed by atoms with Crippen molar-refractivity contribution in [2.24, 2.45) is 13.0 Å². The summed E-state index contributed by atoms with van der Waals surface area (Å²) in [5, 5.41) is 9.26. The van der Waals surface area contributed by atoms with Crippen LogP contribution in [0.5, 0.6) is 0 Å². The zero-order valence-electron chi connectivity index (χ0n) is 14.0. The number of carbonyl (C=O) groups excluding carboxylic acids is 1. The highest BCUT2D eigenvalue weighted by atomic mass is 16.4. The number of carboxylic acid groups (broad SMARTS) is 1. The van der Waals surface area contributed by atoms with Crippen LogP contribution in [0.25, 0.3) is 11.1 Å². The Morgan fingerprint density at radius 1 is 1.21 bits per heavy atom. The molecule has 2 aromatic rings. The van der Waals surface area contributed by atoms with Crippen LogP contribution >= 0.6 is 0 Å². The van der Waals surface area contributed by atoms with Crippen molar-refractivity contribution in [2.75, 3.05) is 13.1 Å². The summed E-state index contributed by atoms with van der Waals surface area (Å²) in [4.78, 5) is 26.1. The van der Waals surface area contributed by atoms with Crippen molar-refractivity contribution < 1.29 is 14.7 Å². The lowest BCUT2D eigenvalue weighted by Crippen LogP contribution is -2.43. The molecule has 0 radical (unpaired) electrons. The van der Waals surface area contributed by atoms with E-state index in [1.807, 2.05) is 55.1 Å². The normalized spacial score (nSPS) is 17.8. The molecule has 1 aliphatic rings. The van der Waals surface area contributed by atoms with Gasteiger partial charge in [-0.05, 0) is 30.9 Å². The first-order valence-corrected chi connectivity index (χ1v) is 8.22. The van der Waals surface area contributed by atoms with E-state index >= 15 is 0 Å². The van der Waals surface area contributed by atoms with Crippen molar-refractivity contribution in [1.82, 2.24) is 9.47 Å². The number of rotatable bonds is 3. The number of piperidine rings is 1. The van der Waals surface area contributed by atoms with Crippen LogP contribution in [0.2, 0.25) is 0 Å². The molecule has 1 fully saturated rings. The van der Waals surface area contributed by atoms with Gasteiger partial charge in [0.15, 0.2) is 0 Å². The summed E-state index contributed by atoms with van der Waals surface area (Å²) in [7, 11) is 1.87. The number of benzene rings is 1. The standard InChI is InChI=1S/C19H22N2O3/c1-13-11-20(2)17(16(13)14-7-4-3-5-8-14)18(22)21-10-6-9-15(12-21)19(23)24/h3-5,7-8,11,15H,6,9-10,12H2,1-2H3,(H,23,24). The molecule has 0 bridgehead atoms. The van der Waals surface area contributed by atoms with Crippen molar-refractivity contribution in [2.45, 2.75) is 19.8 Å². The minimum atomic E-state index is -0.821. The van der Waals surface area contributed by atoms with Crippen LogP contribution in [0.1, 0.15) is 28.9 Å². The molecule has 5 heteroatoms. The number of amides is 1. The first-order chi connectivity index (χ1) is 11.5. The smallest absolute Gasteiger partial charge is 0.308 e. The molecule has 0 spiro atoms. The number of carbonyl (C=O) groups is 2. The van der Waals surface area contributed by atoms with Crippen molar-refractivity contribution in [3.8, 4) is 11.1 Å². The highest BCUT2D eigenvalue weighted by Crippen LogP contribution is 2.30. The van der Waals surface area contributed by atoms with Crippen LogP contribution in [0.4, 0.5) is 0 Å². The van der Waals surface area contributed by atoms with E-state index in [-0.39, 0.29) is 12.5 Å². The van der Waals surface area contributed by atoms with Gasteiger partial charge in [0.25, 0.3) is 5.91 Å². The Bertz CT molecular complexity index is 764. The second kappa shape index (κ2) is 6.51. The van der Waals surface area contributed by atoms with E-state index < -0.39 is 11.9 Å². The second-order valence-electron chi connectivity index (χ2n) is 6.44. The number of hydrogen-bond donors (Lipinski definition) is 1. The van der Waals surface area contributed by atoms with Gasteiger partial charge in [0.2, 0.25) is 0 Å². The summed E-state index contributed by atoms with van der Waals surface area (Å²) in [5.41, 5.74) is 3.61. The summed E-state index contributed by atoms with van der Waals surface area (Å²) in [6.45, 7) is 2.89. The van der Waals surface area contributed by atoms with Gasteiger partial charge in [-0.3, -0.25) is 9.59 Å². The van der Waals surface area contributed by atoms with E-state index in [0.717, 1.165) is 23.1 Å². The molecule has 24 heavy (non-hydrogen) atoms.